The number of hydrogen-bond acceptors (Lipinski definition) is 2. The Morgan fingerprint density at radius 3 is 2.62 bits per heavy atom. The molecule has 0 spiro atoms. The van der Waals surface area contributed by atoms with Crippen LogP contribution in [0.2, 0.25) is 5.02 Å². The van der Waals surface area contributed by atoms with Gasteiger partial charge in [0.2, 0.25) is 0 Å². The van der Waals surface area contributed by atoms with Gasteiger partial charge in [0.1, 0.15) is 12.4 Å². The quantitative estimate of drug-likeness (QED) is 0.767. The Morgan fingerprint density at radius 2 is 1.90 bits per heavy atom. The Balaban J connectivity index is 1.97. The van der Waals surface area contributed by atoms with Gasteiger partial charge in [-0.05, 0) is 35.9 Å². The highest BCUT2D eigenvalue weighted by Gasteiger charge is 2.04. The monoisotopic (exact) mass is 363 g/mol. The van der Waals surface area contributed by atoms with Crippen molar-refractivity contribution < 1.29 is 4.74 Å². The van der Waals surface area contributed by atoms with Crippen LogP contribution in [0, 0.1) is 12.3 Å². The van der Waals surface area contributed by atoms with E-state index in [-0.39, 0.29) is 6.61 Å². The summed E-state index contributed by atoms with van der Waals surface area (Å²) in [5, 5.41) is 4.13. The maximum atomic E-state index is 5.87. The summed E-state index contributed by atoms with van der Waals surface area (Å²) in [7, 11) is 0. The summed E-state index contributed by atoms with van der Waals surface area (Å²) in [6.45, 7) is 1.73. The third-order valence-electron chi connectivity index (χ3n) is 2.89. The van der Waals surface area contributed by atoms with Gasteiger partial charge in [-0.3, -0.25) is 0 Å². The topological polar surface area (TPSA) is 21.3 Å². The highest BCUT2D eigenvalue weighted by atomic mass is 79.9. The normalized spacial score (nSPS) is 10.1. The molecule has 2 aromatic rings. The number of halogens is 2. The maximum absolute atomic E-state index is 5.87. The van der Waals surface area contributed by atoms with Crippen LogP contribution in [0.25, 0.3) is 0 Å². The van der Waals surface area contributed by atoms with E-state index < -0.39 is 0 Å². The second-order valence-corrected chi connectivity index (χ2v) is 5.83. The van der Waals surface area contributed by atoms with E-state index >= 15 is 0 Å². The molecule has 0 saturated heterocycles. The predicted octanol–water partition coefficient (Wildman–Crippen LogP) is 4.40. The van der Waals surface area contributed by atoms with Crippen molar-refractivity contribution in [3.63, 3.8) is 0 Å². The summed E-state index contributed by atoms with van der Waals surface area (Å²) in [5.41, 5.74) is 2.24. The number of hydrogen-bond donors (Lipinski definition) is 1. The highest BCUT2D eigenvalue weighted by Crippen LogP contribution is 2.23. The van der Waals surface area contributed by atoms with Gasteiger partial charge >= 0.3 is 0 Å². The molecule has 0 aromatic heterocycles. The van der Waals surface area contributed by atoms with Crippen molar-refractivity contribution in [1.29, 1.82) is 0 Å². The minimum atomic E-state index is 0.270. The van der Waals surface area contributed by atoms with Crippen LogP contribution in [0.3, 0.4) is 0 Å². The number of nitrogens with one attached hydrogen (secondary N) is 1. The van der Waals surface area contributed by atoms with Crippen molar-refractivity contribution in [2.45, 2.75) is 13.1 Å². The molecule has 0 saturated carbocycles. The Bertz CT molecular complexity index is 634. The Kier molecular flexibility index (Phi) is 6.13. The van der Waals surface area contributed by atoms with Gasteiger partial charge in [0.15, 0.2) is 0 Å². The van der Waals surface area contributed by atoms with Gasteiger partial charge in [-0.2, -0.15) is 0 Å². The van der Waals surface area contributed by atoms with Gasteiger partial charge in [-0.1, -0.05) is 45.6 Å². The second-order valence-electron chi connectivity index (χ2n) is 4.47. The molecule has 2 rings (SSSR count). The smallest absolute Gasteiger partial charge is 0.148 e. The Labute approximate surface area is 138 Å². The van der Waals surface area contributed by atoms with Crippen molar-refractivity contribution in [1.82, 2.24) is 5.32 Å². The fourth-order valence-electron chi connectivity index (χ4n) is 1.89. The first kappa shape index (κ1) is 15.9. The van der Waals surface area contributed by atoms with Crippen LogP contribution < -0.4 is 10.1 Å². The molecule has 0 aliphatic heterocycles. The fourth-order valence-corrected chi connectivity index (χ4v) is 2.42. The van der Waals surface area contributed by atoms with Gasteiger partial charge in [-0.25, -0.2) is 0 Å². The van der Waals surface area contributed by atoms with E-state index in [0.29, 0.717) is 6.54 Å². The highest BCUT2D eigenvalue weighted by molar-refractivity contribution is 9.10. The van der Waals surface area contributed by atoms with E-state index in [1.165, 1.54) is 5.56 Å². The minimum Gasteiger partial charge on any atom is -0.481 e. The maximum Gasteiger partial charge on any atom is 0.148 e. The number of benzene rings is 2. The van der Waals surface area contributed by atoms with E-state index in [2.05, 4.69) is 27.2 Å². The third kappa shape index (κ3) is 5.09. The third-order valence-corrected chi connectivity index (χ3v) is 3.64. The average molecular weight is 365 g/mol. The Morgan fingerprint density at radius 1 is 1.14 bits per heavy atom. The number of ether oxygens (including phenoxy) is 1. The lowest BCUT2D eigenvalue weighted by Crippen LogP contribution is -2.13. The molecule has 0 aliphatic rings. The predicted molar refractivity (Wildman–Crippen MR) is 90.5 cm³/mol. The zero-order valence-corrected chi connectivity index (χ0v) is 13.7. The van der Waals surface area contributed by atoms with Crippen LogP contribution in [0.4, 0.5) is 0 Å². The molecule has 2 nitrogen and oxygen atoms in total. The summed E-state index contributed by atoms with van der Waals surface area (Å²) in [4.78, 5) is 0. The minimum absolute atomic E-state index is 0.270. The van der Waals surface area contributed by atoms with E-state index in [4.69, 9.17) is 22.8 Å². The SMILES string of the molecule is C#CCOc1ccc(Br)cc1CNCc1ccc(Cl)cc1. The molecule has 0 atom stereocenters. The molecular weight excluding hydrogens is 350 g/mol. The molecule has 0 heterocycles. The molecule has 4 heteroatoms. The van der Waals surface area contributed by atoms with Gasteiger partial charge in [0.25, 0.3) is 0 Å². The second kappa shape index (κ2) is 8.09. The largest absolute Gasteiger partial charge is 0.481 e. The van der Waals surface area contributed by atoms with E-state index in [0.717, 1.165) is 27.4 Å². The lowest BCUT2D eigenvalue weighted by atomic mass is 10.2. The zero-order valence-electron chi connectivity index (χ0n) is 11.4. The molecule has 0 unspecified atom stereocenters. The van der Waals surface area contributed by atoms with Crippen molar-refractivity contribution in [2.24, 2.45) is 0 Å². The van der Waals surface area contributed by atoms with Crippen molar-refractivity contribution >= 4 is 27.5 Å². The summed E-state index contributed by atoms with van der Waals surface area (Å²) < 4.78 is 6.56. The Hall–Kier alpha value is -1.47. The first-order valence-corrected chi connectivity index (χ1v) is 7.66. The molecule has 2 aromatic carbocycles. The van der Waals surface area contributed by atoms with E-state index in [1.807, 2.05) is 42.5 Å². The van der Waals surface area contributed by atoms with Crippen LogP contribution in [0.15, 0.2) is 46.9 Å². The number of rotatable bonds is 6. The van der Waals surface area contributed by atoms with E-state index in [9.17, 15) is 0 Å². The van der Waals surface area contributed by atoms with Crippen molar-refractivity contribution in [2.75, 3.05) is 6.61 Å². The van der Waals surface area contributed by atoms with Gasteiger partial charge < -0.3 is 10.1 Å². The van der Waals surface area contributed by atoms with Crippen LogP contribution in [-0.2, 0) is 13.1 Å². The summed E-state index contributed by atoms with van der Waals surface area (Å²) in [6, 6.07) is 13.7. The molecule has 0 bridgehead atoms. The van der Waals surface area contributed by atoms with Gasteiger partial charge in [0.05, 0.1) is 0 Å². The van der Waals surface area contributed by atoms with Crippen LogP contribution in [0.5, 0.6) is 5.75 Å². The van der Waals surface area contributed by atoms with Crippen LogP contribution in [0.1, 0.15) is 11.1 Å². The fraction of sp³-hybridized carbons (Fsp3) is 0.176. The molecule has 0 fully saturated rings. The first-order chi connectivity index (χ1) is 10.2. The van der Waals surface area contributed by atoms with Crippen molar-refractivity contribution in [3.05, 3.63) is 63.1 Å². The summed E-state index contributed by atoms with van der Waals surface area (Å²) in [5.74, 6) is 3.28. The molecule has 1 N–H and O–H groups in total. The van der Waals surface area contributed by atoms with Gasteiger partial charge in [-0.15, -0.1) is 6.42 Å². The lowest BCUT2D eigenvalue weighted by Gasteiger charge is -2.11. The van der Waals surface area contributed by atoms with Crippen LogP contribution >= 0.6 is 27.5 Å². The van der Waals surface area contributed by atoms with Crippen molar-refractivity contribution in [3.8, 4) is 18.1 Å². The standard InChI is InChI=1S/C17H15BrClNO/c1-2-9-21-17-8-5-15(18)10-14(17)12-20-11-13-3-6-16(19)7-4-13/h1,3-8,10,20H,9,11-12H2. The molecular formula is C17H15BrClNO. The molecule has 0 amide bonds. The summed E-state index contributed by atoms with van der Waals surface area (Å²) in [6.07, 6.45) is 5.23. The molecule has 108 valence electrons. The first-order valence-electron chi connectivity index (χ1n) is 6.49. The summed E-state index contributed by atoms with van der Waals surface area (Å²) >= 11 is 9.34. The molecule has 0 aliphatic carbocycles. The lowest BCUT2D eigenvalue weighted by molar-refractivity contribution is 0.364. The number of terminal acetylenes is 1. The van der Waals surface area contributed by atoms with E-state index in [1.54, 1.807) is 0 Å². The van der Waals surface area contributed by atoms with Crippen LogP contribution in [-0.4, -0.2) is 6.61 Å². The average Bonchev–Trinajstić information content (AvgIpc) is 2.48. The van der Waals surface area contributed by atoms with Gasteiger partial charge in [0, 0.05) is 28.1 Å². The molecule has 0 radical (unpaired) electrons. The molecule has 21 heavy (non-hydrogen) atoms. The zero-order chi connectivity index (χ0) is 15.1.